The Morgan fingerprint density at radius 1 is 1.07 bits per heavy atom. The molecule has 1 heterocycles. The Labute approximate surface area is 161 Å². The summed E-state index contributed by atoms with van der Waals surface area (Å²) in [4.78, 5) is 11.9. The summed E-state index contributed by atoms with van der Waals surface area (Å²) in [7, 11) is 1.92. The monoisotopic (exact) mass is 370 g/mol. The molecule has 1 aromatic carbocycles. The summed E-state index contributed by atoms with van der Waals surface area (Å²) in [5.41, 5.74) is 2.97. The molecule has 146 valence electrons. The summed E-state index contributed by atoms with van der Waals surface area (Å²) in [6, 6.07) is 9.11. The van der Waals surface area contributed by atoms with Gasteiger partial charge in [-0.05, 0) is 64.2 Å². The van der Waals surface area contributed by atoms with Crippen molar-refractivity contribution in [2.24, 2.45) is 7.05 Å². The molecule has 1 fully saturated rings. The van der Waals surface area contributed by atoms with Gasteiger partial charge in [0.2, 0.25) is 0 Å². The van der Waals surface area contributed by atoms with E-state index in [-0.39, 0.29) is 12.1 Å². The van der Waals surface area contributed by atoms with Crippen LogP contribution in [0, 0.1) is 0 Å². The minimum atomic E-state index is -0.454. The highest BCUT2D eigenvalue weighted by Gasteiger charge is 2.24. The first kappa shape index (κ1) is 19.3. The zero-order chi connectivity index (χ0) is 19.4. The summed E-state index contributed by atoms with van der Waals surface area (Å²) < 4.78 is 7.15. The Balaban J connectivity index is 1.46. The van der Waals surface area contributed by atoms with E-state index in [2.05, 4.69) is 40.0 Å². The second-order valence-corrected chi connectivity index (χ2v) is 8.32. The number of benzene rings is 1. The number of alkyl carbamates (subject to hydrolysis) is 1. The molecule has 1 amide bonds. The fourth-order valence-electron chi connectivity index (χ4n) is 3.42. The first-order valence-corrected chi connectivity index (χ1v) is 9.64. The average Bonchev–Trinajstić information content (AvgIpc) is 3.02. The Morgan fingerprint density at radius 2 is 1.70 bits per heavy atom. The third-order valence-electron chi connectivity index (χ3n) is 4.74. The molecule has 27 heavy (non-hydrogen) atoms. The SMILES string of the molecule is Cn1cc(-c2ccc(N[C@H]3CC[C@H](NC(=O)OC(C)(C)C)CC3)cc2)cn1. The van der Waals surface area contributed by atoms with Gasteiger partial charge >= 0.3 is 6.09 Å². The van der Waals surface area contributed by atoms with Gasteiger partial charge in [-0.3, -0.25) is 4.68 Å². The molecular weight excluding hydrogens is 340 g/mol. The highest BCUT2D eigenvalue weighted by atomic mass is 16.6. The molecule has 1 saturated carbocycles. The van der Waals surface area contributed by atoms with E-state index in [9.17, 15) is 4.79 Å². The maximum absolute atomic E-state index is 11.9. The van der Waals surface area contributed by atoms with Crippen LogP contribution in [0.1, 0.15) is 46.5 Å². The van der Waals surface area contributed by atoms with E-state index in [1.165, 1.54) is 5.56 Å². The Bertz CT molecular complexity index is 753. The number of carbonyl (C=O) groups is 1. The molecule has 1 aliphatic carbocycles. The minimum Gasteiger partial charge on any atom is -0.444 e. The number of nitrogens with zero attached hydrogens (tertiary/aromatic N) is 2. The molecular formula is C21H30N4O2. The Morgan fingerprint density at radius 3 is 2.26 bits per heavy atom. The van der Waals surface area contributed by atoms with Gasteiger partial charge in [0.15, 0.2) is 0 Å². The Kier molecular flexibility index (Phi) is 5.73. The quantitative estimate of drug-likeness (QED) is 0.840. The van der Waals surface area contributed by atoms with Crippen LogP contribution in [-0.4, -0.2) is 33.6 Å². The van der Waals surface area contributed by atoms with E-state index in [4.69, 9.17) is 4.74 Å². The highest BCUT2D eigenvalue weighted by Crippen LogP contribution is 2.25. The molecule has 6 heteroatoms. The lowest BCUT2D eigenvalue weighted by Gasteiger charge is -2.31. The molecule has 2 N–H and O–H groups in total. The molecule has 6 nitrogen and oxygen atoms in total. The number of amides is 1. The number of aromatic nitrogens is 2. The zero-order valence-corrected chi connectivity index (χ0v) is 16.7. The number of ether oxygens (including phenoxy) is 1. The lowest BCUT2D eigenvalue weighted by atomic mass is 9.91. The summed E-state index contributed by atoms with van der Waals surface area (Å²) in [5, 5.41) is 10.8. The maximum Gasteiger partial charge on any atom is 0.407 e. The average molecular weight is 370 g/mol. The van der Waals surface area contributed by atoms with Crippen LogP contribution in [0.5, 0.6) is 0 Å². The first-order chi connectivity index (χ1) is 12.8. The second-order valence-electron chi connectivity index (χ2n) is 8.32. The molecule has 0 radical (unpaired) electrons. The maximum atomic E-state index is 11.9. The van der Waals surface area contributed by atoms with Gasteiger partial charge in [-0.2, -0.15) is 5.10 Å². The molecule has 0 unspecified atom stereocenters. The van der Waals surface area contributed by atoms with E-state index in [0.29, 0.717) is 6.04 Å². The van der Waals surface area contributed by atoms with Gasteiger partial charge < -0.3 is 15.4 Å². The van der Waals surface area contributed by atoms with Crippen molar-refractivity contribution in [2.75, 3.05) is 5.32 Å². The van der Waals surface area contributed by atoms with Crippen molar-refractivity contribution in [1.29, 1.82) is 0 Å². The topological polar surface area (TPSA) is 68.2 Å². The van der Waals surface area contributed by atoms with Gasteiger partial charge in [-0.25, -0.2) is 4.79 Å². The van der Waals surface area contributed by atoms with Gasteiger partial charge in [0, 0.05) is 36.6 Å². The van der Waals surface area contributed by atoms with Crippen LogP contribution in [-0.2, 0) is 11.8 Å². The molecule has 1 aliphatic rings. The first-order valence-electron chi connectivity index (χ1n) is 9.64. The van der Waals surface area contributed by atoms with Gasteiger partial charge in [-0.1, -0.05) is 12.1 Å². The van der Waals surface area contributed by atoms with Gasteiger partial charge in [0.05, 0.1) is 6.20 Å². The molecule has 0 atom stereocenters. The molecule has 1 aromatic heterocycles. The number of aryl methyl sites for hydroxylation is 1. The summed E-state index contributed by atoms with van der Waals surface area (Å²) in [6.07, 6.45) is 7.57. The van der Waals surface area contributed by atoms with Crippen molar-refractivity contribution in [1.82, 2.24) is 15.1 Å². The van der Waals surface area contributed by atoms with Crippen molar-refractivity contribution in [2.45, 2.75) is 64.1 Å². The third kappa shape index (κ3) is 5.74. The smallest absolute Gasteiger partial charge is 0.407 e. The van der Waals surface area contributed by atoms with Crippen LogP contribution in [0.3, 0.4) is 0 Å². The minimum absolute atomic E-state index is 0.200. The Hall–Kier alpha value is -2.50. The number of hydrogen-bond acceptors (Lipinski definition) is 4. The van der Waals surface area contributed by atoms with Crippen LogP contribution in [0.2, 0.25) is 0 Å². The van der Waals surface area contributed by atoms with E-state index in [1.807, 2.05) is 44.9 Å². The number of anilines is 1. The highest BCUT2D eigenvalue weighted by molar-refractivity contribution is 5.68. The van der Waals surface area contributed by atoms with Crippen molar-refractivity contribution in [3.63, 3.8) is 0 Å². The fourth-order valence-corrected chi connectivity index (χ4v) is 3.42. The standard InChI is InChI=1S/C21H30N4O2/c1-21(2,3)27-20(26)24-19-11-9-18(10-12-19)23-17-7-5-15(6-8-17)16-13-22-25(4)14-16/h5-8,13-14,18-19,23H,9-12H2,1-4H3,(H,24,26)/t18-,19-. The predicted octanol–water partition coefficient (Wildman–Crippen LogP) is 4.33. The molecule has 0 saturated heterocycles. The van der Waals surface area contributed by atoms with Crippen LogP contribution in [0.4, 0.5) is 10.5 Å². The predicted molar refractivity (Wildman–Crippen MR) is 108 cm³/mol. The van der Waals surface area contributed by atoms with Crippen molar-refractivity contribution in [3.8, 4) is 11.1 Å². The molecule has 0 aliphatic heterocycles. The molecule has 0 bridgehead atoms. The van der Waals surface area contributed by atoms with E-state index in [1.54, 1.807) is 0 Å². The molecule has 2 aromatic rings. The summed E-state index contributed by atoms with van der Waals surface area (Å²) in [6.45, 7) is 5.65. The number of rotatable bonds is 4. The van der Waals surface area contributed by atoms with Gasteiger partial charge in [0.1, 0.15) is 5.60 Å². The zero-order valence-electron chi connectivity index (χ0n) is 16.7. The third-order valence-corrected chi connectivity index (χ3v) is 4.74. The number of hydrogen-bond donors (Lipinski definition) is 2. The van der Waals surface area contributed by atoms with Crippen molar-refractivity contribution >= 4 is 11.8 Å². The lowest BCUT2D eigenvalue weighted by Crippen LogP contribution is -2.42. The normalized spacial score (nSPS) is 20.1. The molecule has 3 rings (SSSR count). The van der Waals surface area contributed by atoms with Gasteiger partial charge in [0.25, 0.3) is 0 Å². The van der Waals surface area contributed by atoms with Crippen LogP contribution >= 0.6 is 0 Å². The van der Waals surface area contributed by atoms with Crippen LogP contribution in [0.15, 0.2) is 36.7 Å². The largest absolute Gasteiger partial charge is 0.444 e. The second kappa shape index (κ2) is 8.03. The fraction of sp³-hybridized carbons (Fsp3) is 0.524. The summed E-state index contributed by atoms with van der Waals surface area (Å²) >= 11 is 0. The number of nitrogens with one attached hydrogen (secondary N) is 2. The van der Waals surface area contributed by atoms with Crippen molar-refractivity contribution in [3.05, 3.63) is 36.7 Å². The van der Waals surface area contributed by atoms with E-state index in [0.717, 1.165) is 36.9 Å². The molecule has 0 spiro atoms. The van der Waals surface area contributed by atoms with Crippen molar-refractivity contribution < 1.29 is 9.53 Å². The van der Waals surface area contributed by atoms with Crippen LogP contribution < -0.4 is 10.6 Å². The number of carbonyl (C=O) groups excluding carboxylic acids is 1. The lowest BCUT2D eigenvalue weighted by molar-refractivity contribution is 0.0492. The van der Waals surface area contributed by atoms with E-state index >= 15 is 0 Å². The van der Waals surface area contributed by atoms with Gasteiger partial charge in [-0.15, -0.1) is 0 Å². The summed E-state index contributed by atoms with van der Waals surface area (Å²) in [5.74, 6) is 0. The van der Waals surface area contributed by atoms with Crippen LogP contribution in [0.25, 0.3) is 11.1 Å². The van der Waals surface area contributed by atoms with E-state index < -0.39 is 5.60 Å².